The molecule has 126 valence electrons. The van der Waals surface area contributed by atoms with E-state index in [0.717, 1.165) is 0 Å². The van der Waals surface area contributed by atoms with Gasteiger partial charge in [0.05, 0.1) is 24.9 Å². The number of methoxy groups -OCH3 is 1. The Bertz CT molecular complexity index is 767. The summed E-state index contributed by atoms with van der Waals surface area (Å²) in [7, 11) is 3.07. The Kier molecular flexibility index (Phi) is 6.23. The molecule has 0 aliphatic heterocycles. The van der Waals surface area contributed by atoms with Gasteiger partial charge in [-0.25, -0.2) is 0 Å². The summed E-state index contributed by atoms with van der Waals surface area (Å²) in [5.74, 6) is -0.110. The number of benzene rings is 2. The van der Waals surface area contributed by atoms with Gasteiger partial charge in [-0.15, -0.1) is 0 Å². The monoisotopic (exact) mass is 410 g/mol. The molecule has 0 unspecified atom stereocenters. The van der Waals surface area contributed by atoms with Gasteiger partial charge in [-0.1, -0.05) is 23.7 Å². The molecule has 0 radical (unpaired) electrons. The zero-order valence-corrected chi connectivity index (χ0v) is 15.5. The molecular formula is C17H16BrClN2O3. The number of likely N-dealkylation sites (N-methyl/N-ethyl adjacent to an activating group) is 1. The third-order valence-corrected chi connectivity index (χ3v) is 4.19. The molecule has 1 N–H and O–H groups in total. The highest BCUT2D eigenvalue weighted by atomic mass is 79.9. The quantitative estimate of drug-likeness (QED) is 0.813. The number of rotatable bonds is 5. The Balaban J connectivity index is 2.06. The van der Waals surface area contributed by atoms with E-state index in [2.05, 4.69) is 21.2 Å². The number of halogens is 2. The summed E-state index contributed by atoms with van der Waals surface area (Å²) in [4.78, 5) is 25.9. The first-order valence-electron chi connectivity index (χ1n) is 7.05. The van der Waals surface area contributed by atoms with Crippen molar-refractivity contribution in [1.82, 2.24) is 4.90 Å². The van der Waals surface area contributed by atoms with Gasteiger partial charge in [-0.3, -0.25) is 9.59 Å². The lowest BCUT2D eigenvalue weighted by Crippen LogP contribution is -2.35. The minimum Gasteiger partial charge on any atom is -0.495 e. The number of hydrogen-bond acceptors (Lipinski definition) is 3. The van der Waals surface area contributed by atoms with E-state index < -0.39 is 0 Å². The van der Waals surface area contributed by atoms with Crippen LogP contribution in [0.3, 0.4) is 0 Å². The highest BCUT2D eigenvalue weighted by Gasteiger charge is 2.18. The van der Waals surface area contributed by atoms with E-state index in [4.69, 9.17) is 16.3 Å². The van der Waals surface area contributed by atoms with Crippen molar-refractivity contribution in [3.8, 4) is 5.75 Å². The van der Waals surface area contributed by atoms with Crippen LogP contribution in [0.2, 0.25) is 5.02 Å². The lowest BCUT2D eigenvalue weighted by atomic mass is 10.2. The van der Waals surface area contributed by atoms with E-state index in [1.165, 1.54) is 12.0 Å². The maximum Gasteiger partial charge on any atom is 0.255 e. The molecule has 5 nitrogen and oxygen atoms in total. The van der Waals surface area contributed by atoms with E-state index in [1.54, 1.807) is 43.4 Å². The van der Waals surface area contributed by atoms with E-state index in [1.807, 2.05) is 6.07 Å². The van der Waals surface area contributed by atoms with Crippen LogP contribution >= 0.6 is 27.5 Å². The molecule has 2 aromatic carbocycles. The molecule has 2 rings (SSSR count). The number of carbonyl (C=O) groups excluding carboxylic acids is 2. The zero-order chi connectivity index (χ0) is 17.7. The van der Waals surface area contributed by atoms with E-state index >= 15 is 0 Å². The fourth-order valence-electron chi connectivity index (χ4n) is 2.10. The first-order valence-corrected chi connectivity index (χ1v) is 8.23. The van der Waals surface area contributed by atoms with Crippen molar-refractivity contribution >= 4 is 45.0 Å². The Morgan fingerprint density at radius 2 is 1.96 bits per heavy atom. The highest BCUT2D eigenvalue weighted by molar-refractivity contribution is 9.10. The summed E-state index contributed by atoms with van der Waals surface area (Å²) in [5.41, 5.74) is 0.949. The van der Waals surface area contributed by atoms with Gasteiger partial charge in [-0.2, -0.15) is 0 Å². The van der Waals surface area contributed by atoms with Crippen molar-refractivity contribution < 1.29 is 14.3 Å². The molecular weight excluding hydrogens is 396 g/mol. The molecule has 0 atom stereocenters. The number of ether oxygens (including phenoxy) is 1. The topological polar surface area (TPSA) is 58.6 Å². The van der Waals surface area contributed by atoms with Crippen molar-refractivity contribution in [1.29, 1.82) is 0 Å². The number of hydrogen-bond donors (Lipinski definition) is 1. The summed E-state index contributed by atoms with van der Waals surface area (Å²) in [6.07, 6.45) is 0. The molecule has 24 heavy (non-hydrogen) atoms. The van der Waals surface area contributed by atoms with Crippen LogP contribution < -0.4 is 10.1 Å². The number of amides is 2. The maximum atomic E-state index is 12.4. The van der Waals surface area contributed by atoms with Gasteiger partial charge in [0.25, 0.3) is 5.91 Å². The van der Waals surface area contributed by atoms with Crippen LogP contribution in [-0.4, -0.2) is 37.4 Å². The number of anilines is 1. The van der Waals surface area contributed by atoms with Crippen molar-refractivity contribution in [3.63, 3.8) is 0 Å². The van der Waals surface area contributed by atoms with E-state index in [9.17, 15) is 9.59 Å². The van der Waals surface area contributed by atoms with Crippen molar-refractivity contribution in [2.75, 3.05) is 26.0 Å². The van der Waals surface area contributed by atoms with E-state index in [-0.39, 0.29) is 18.4 Å². The minimum absolute atomic E-state index is 0.101. The molecule has 0 aliphatic rings. The molecule has 2 amide bonds. The highest BCUT2D eigenvalue weighted by Crippen LogP contribution is 2.27. The van der Waals surface area contributed by atoms with Gasteiger partial charge in [0.2, 0.25) is 5.91 Å². The van der Waals surface area contributed by atoms with Crippen molar-refractivity contribution in [2.24, 2.45) is 0 Å². The van der Waals surface area contributed by atoms with Crippen LogP contribution in [0.5, 0.6) is 5.75 Å². The Morgan fingerprint density at radius 3 is 2.62 bits per heavy atom. The average Bonchev–Trinajstić information content (AvgIpc) is 2.54. The molecule has 0 bridgehead atoms. The fraction of sp³-hybridized carbons (Fsp3) is 0.176. The van der Waals surface area contributed by atoms with Crippen molar-refractivity contribution in [3.05, 3.63) is 57.5 Å². The zero-order valence-electron chi connectivity index (χ0n) is 13.2. The average molecular weight is 412 g/mol. The Hall–Kier alpha value is -2.05. The van der Waals surface area contributed by atoms with Gasteiger partial charge in [0.1, 0.15) is 5.75 Å². The standard InChI is InChI=1S/C17H16BrClN2O3/c1-21(17(23)12-5-3-4-6-13(12)18)10-16(22)20-14-9-11(19)7-8-15(14)24-2/h3-9H,10H2,1-2H3,(H,20,22). The summed E-state index contributed by atoms with van der Waals surface area (Å²) < 4.78 is 5.86. The summed E-state index contributed by atoms with van der Waals surface area (Å²) >= 11 is 9.27. The molecule has 0 aromatic heterocycles. The predicted octanol–water partition coefficient (Wildman–Crippen LogP) is 3.82. The Morgan fingerprint density at radius 1 is 1.25 bits per heavy atom. The normalized spacial score (nSPS) is 10.2. The van der Waals surface area contributed by atoms with E-state index in [0.29, 0.717) is 26.5 Å². The molecule has 0 heterocycles. The molecule has 0 saturated heterocycles. The van der Waals surface area contributed by atoms with Crippen LogP contribution in [0, 0.1) is 0 Å². The van der Waals surface area contributed by atoms with Gasteiger partial charge in [0, 0.05) is 16.5 Å². The summed E-state index contributed by atoms with van der Waals surface area (Å²) in [6.45, 7) is -0.101. The lowest BCUT2D eigenvalue weighted by Gasteiger charge is -2.18. The second kappa shape index (κ2) is 8.17. The minimum atomic E-state index is -0.349. The van der Waals surface area contributed by atoms with Gasteiger partial charge < -0.3 is 15.0 Å². The van der Waals surface area contributed by atoms with Crippen molar-refractivity contribution in [2.45, 2.75) is 0 Å². The number of nitrogens with one attached hydrogen (secondary N) is 1. The first kappa shape index (κ1) is 18.3. The van der Waals surface area contributed by atoms with Crippen LogP contribution in [0.15, 0.2) is 46.9 Å². The third kappa shape index (κ3) is 4.49. The second-order valence-electron chi connectivity index (χ2n) is 5.03. The molecule has 2 aromatic rings. The molecule has 0 saturated carbocycles. The van der Waals surface area contributed by atoms with Crippen LogP contribution in [-0.2, 0) is 4.79 Å². The molecule has 0 spiro atoms. The second-order valence-corrected chi connectivity index (χ2v) is 6.32. The third-order valence-electron chi connectivity index (χ3n) is 3.27. The maximum absolute atomic E-state index is 12.4. The molecule has 0 fully saturated rings. The largest absolute Gasteiger partial charge is 0.495 e. The summed E-state index contributed by atoms with van der Waals surface area (Å²) in [5, 5.41) is 3.18. The SMILES string of the molecule is COc1ccc(Cl)cc1NC(=O)CN(C)C(=O)c1ccccc1Br. The number of nitrogens with zero attached hydrogens (tertiary/aromatic N) is 1. The molecule has 0 aliphatic carbocycles. The van der Waals surface area contributed by atoms with Gasteiger partial charge in [-0.05, 0) is 46.3 Å². The summed E-state index contributed by atoms with van der Waals surface area (Å²) in [6, 6.07) is 12.0. The fourth-order valence-corrected chi connectivity index (χ4v) is 2.72. The van der Waals surface area contributed by atoms with Crippen LogP contribution in [0.1, 0.15) is 10.4 Å². The first-order chi connectivity index (χ1) is 11.4. The van der Waals surface area contributed by atoms with Gasteiger partial charge in [0.15, 0.2) is 0 Å². The van der Waals surface area contributed by atoms with Crippen LogP contribution in [0.4, 0.5) is 5.69 Å². The van der Waals surface area contributed by atoms with Crippen LogP contribution in [0.25, 0.3) is 0 Å². The Labute approximate surface area is 153 Å². The smallest absolute Gasteiger partial charge is 0.255 e. The van der Waals surface area contributed by atoms with Gasteiger partial charge >= 0.3 is 0 Å². The molecule has 7 heteroatoms. The lowest BCUT2D eigenvalue weighted by molar-refractivity contribution is -0.116. The predicted molar refractivity (Wildman–Crippen MR) is 97.7 cm³/mol. The number of carbonyl (C=O) groups is 2.